The van der Waals surface area contributed by atoms with Gasteiger partial charge in [0.15, 0.2) is 0 Å². The van der Waals surface area contributed by atoms with Crippen LogP contribution >= 0.6 is 0 Å². The fourth-order valence-corrected chi connectivity index (χ4v) is 4.22. The molecule has 1 atom stereocenters. The molecular formula is C27H28N8O3. The number of aromatic nitrogens is 6. The molecule has 11 nitrogen and oxygen atoms in total. The van der Waals surface area contributed by atoms with Gasteiger partial charge < -0.3 is 19.5 Å². The van der Waals surface area contributed by atoms with Crippen LogP contribution in [0.15, 0.2) is 69.8 Å². The molecule has 0 aliphatic carbocycles. The molecule has 0 aliphatic rings. The second-order valence-electron chi connectivity index (χ2n) is 9.52. The first kappa shape index (κ1) is 25.0. The summed E-state index contributed by atoms with van der Waals surface area (Å²) in [6.07, 6.45) is 3.45. The number of benzene rings is 1. The number of pyridine rings is 1. The summed E-state index contributed by atoms with van der Waals surface area (Å²) in [7, 11) is 3.58. The average molecular weight is 513 g/mol. The van der Waals surface area contributed by atoms with E-state index in [9.17, 15) is 4.79 Å². The third-order valence-electron chi connectivity index (χ3n) is 6.12. The zero-order valence-electron chi connectivity index (χ0n) is 21.6. The number of carbonyl (C=O) groups excluding carboxylic acids is 1. The predicted molar refractivity (Wildman–Crippen MR) is 138 cm³/mol. The molecule has 0 saturated heterocycles. The maximum atomic E-state index is 13.5. The highest BCUT2D eigenvalue weighted by Gasteiger charge is 2.29. The predicted octanol–water partition coefficient (Wildman–Crippen LogP) is 3.52. The van der Waals surface area contributed by atoms with E-state index >= 15 is 0 Å². The summed E-state index contributed by atoms with van der Waals surface area (Å²) in [6.45, 7) is 4.11. The third-order valence-corrected chi connectivity index (χ3v) is 6.12. The van der Waals surface area contributed by atoms with Crippen molar-refractivity contribution in [3.63, 3.8) is 0 Å². The molecule has 0 aliphatic heterocycles. The van der Waals surface area contributed by atoms with Crippen LogP contribution in [0.1, 0.15) is 40.1 Å². The summed E-state index contributed by atoms with van der Waals surface area (Å²) in [6, 6.07) is 15.0. The third kappa shape index (κ3) is 5.23. The summed E-state index contributed by atoms with van der Waals surface area (Å²) >= 11 is 0. The van der Waals surface area contributed by atoms with Gasteiger partial charge in [-0.3, -0.25) is 9.48 Å². The van der Waals surface area contributed by atoms with Crippen LogP contribution in [0, 0.1) is 6.92 Å². The molecule has 0 spiro atoms. The van der Waals surface area contributed by atoms with Crippen molar-refractivity contribution in [3.05, 3.63) is 89.4 Å². The van der Waals surface area contributed by atoms with Crippen LogP contribution in [-0.2, 0) is 25.6 Å². The van der Waals surface area contributed by atoms with Crippen molar-refractivity contribution in [2.45, 2.75) is 32.4 Å². The lowest BCUT2D eigenvalue weighted by molar-refractivity contribution is 0.0782. The first-order valence-electron chi connectivity index (χ1n) is 12.0. The molecule has 0 bridgehead atoms. The summed E-state index contributed by atoms with van der Waals surface area (Å²) in [5, 5.41) is 12.8. The van der Waals surface area contributed by atoms with E-state index in [1.165, 1.54) is 12.5 Å². The molecule has 0 radical (unpaired) electrons. The van der Waals surface area contributed by atoms with E-state index in [2.05, 4.69) is 25.3 Å². The van der Waals surface area contributed by atoms with E-state index in [-0.39, 0.29) is 23.6 Å². The molecule has 11 heteroatoms. The summed E-state index contributed by atoms with van der Waals surface area (Å²) in [4.78, 5) is 23.9. The second-order valence-corrected chi connectivity index (χ2v) is 9.52. The highest BCUT2D eigenvalue weighted by Crippen LogP contribution is 2.28. The number of nitrogens with two attached hydrogens (primary N) is 1. The Kier molecular flexibility index (Phi) is 6.60. The summed E-state index contributed by atoms with van der Waals surface area (Å²) in [5.41, 5.74) is 9.52. The minimum Gasteiger partial charge on any atom is -0.443 e. The maximum Gasteiger partial charge on any atom is 0.266 e. The van der Waals surface area contributed by atoms with E-state index in [0.717, 1.165) is 17.0 Å². The molecule has 4 heterocycles. The first-order chi connectivity index (χ1) is 18.2. The lowest BCUT2D eigenvalue weighted by Crippen LogP contribution is -2.35. The Labute approximate surface area is 219 Å². The van der Waals surface area contributed by atoms with Gasteiger partial charge in [0.05, 0.1) is 29.7 Å². The Hall–Kier alpha value is -4.64. The highest BCUT2D eigenvalue weighted by atomic mass is 16.4. The molecule has 5 rings (SSSR count). The number of rotatable bonds is 8. The number of nitrogens with zero attached hydrogens (tertiary/aromatic N) is 7. The van der Waals surface area contributed by atoms with Gasteiger partial charge in [-0.2, -0.15) is 5.10 Å². The van der Waals surface area contributed by atoms with Gasteiger partial charge in [0.25, 0.3) is 11.8 Å². The van der Waals surface area contributed by atoms with Gasteiger partial charge in [0.1, 0.15) is 17.7 Å². The van der Waals surface area contributed by atoms with E-state index in [1.54, 1.807) is 28.8 Å². The fraction of sp³-hybridized carbons (Fsp3) is 0.259. The van der Waals surface area contributed by atoms with Crippen molar-refractivity contribution in [1.29, 1.82) is 0 Å². The number of aryl methyl sites for hydroxylation is 2. The van der Waals surface area contributed by atoms with Crippen molar-refractivity contribution >= 4 is 5.91 Å². The van der Waals surface area contributed by atoms with Crippen LogP contribution in [0.2, 0.25) is 0 Å². The van der Waals surface area contributed by atoms with Gasteiger partial charge in [-0.05, 0) is 44.0 Å². The van der Waals surface area contributed by atoms with Crippen LogP contribution in [-0.4, -0.2) is 47.8 Å². The number of carbonyl (C=O) groups is 1. The van der Waals surface area contributed by atoms with Gasteiger partial charge in [-0.15, -0.1) is 10.2 Å². The maximum absolute atomic E-state index is 13.5. The topological polar surface area (TPSA) is 142 Å². The van der Waals surface area contributed by atoms with Crippen LogP contribution in [0.4, 0.5) is 0 Å². The van der Waals surface area contributed by atoms with Crippen LogP contribution in [0.3, 0.4) is 0 Å². The molecule has 1 amide bonds. The van der Waals surface area contributed by atoms with Crippen LogP contribution in [0.25, 0.3) is 23.2 Å². The van der Waals surface area contributed by atoms with Crippen LogP contribution < -0.4 is 5.73 Å². The molecule has 5 aromatic rings. The summed E-state index contributed by atoms with van der Waals surface area (Å²) in [5.74, 6) is 0.430. The van der Waals surface area contributed by atoms with Crippen molar-refractivity contribution < 1.29 is 13.6 Å². The Morgan fingerprint density at radius 3 is 2.50 bits per heavy atom. The van der Waals surface area contributed by atoms with E-state index < -0.39 is 5.54 Å². The Bertz CT molecular complexity index is 1550. The lowest BCUT2D eigenvalue weighted by atomic mass is 9.94. The van der Waals surface area contributed by atoms with Crippen molar-refractivity contribution in [3.8, 4) is 23.2 Å². The van der Waals surface area contributed by atoms with Crippen molar-refractivity contribution in [2.75, 3.05) is 7.05 Å². The average Bonchev–Trinajstić information content (AvgIpc) is 3.66. The molecule has 1 aromatic carbocycles. The second kappa shape index (κ2) is 10.0. The van der Waals surface area contributed by atoms with Gasteiger partial charge in [-0.1, -0.05) is 30.3 Å². The molecule has 4 aromatic heterocycles. The number of hydrogen-bond acceptors (Lipinski definition) is 9. The lowest BCUT2D eigenvalue weighted by Gasteiger charge is -2.20. The molecule has 194 valence electrons. The Morgan fingerprint density at radius 2 is 1.84 bits per heavy atom. The van der Waals surface area contributed by atoms with Crippen molar-refractivity contribution in [1.82, 2.24) is 34.8 Å². The standard InChI is InChI=1S/C27H28N8O3/c1-17-12-20(35(4)33-17)16-34(3)25(36)19-13-21(23-29-10-11-37-23)30-22(14-19)24-31-32-26(38-24)27(2,28)15-18-8-6-5-7-9-18/h5-14H,15-16,28H2,1-4H3. The quantitative estimate of drug-likeness (QED) is 0.330. The summed E-state index contributed by atoms with van der Waals surface area (Å²) < 4.78 is 13.2. The minimum absolute atomic E-state index is 0.136. The Balaban J connectivity index is 1.47. The smallest absolute Gasteiger partial charge is 0.266 e. The molecule has 0 fully saturated rings. The van der Waals surface area contributed by atoms with Crippen LogP contribution in [0.5, 0.6) is 0 Å². The van der Waals surface area contributed by atoms with Gasteiger partial charge in [-0.25, -0.2) is 9.97 Å². The number of oxazole rings is 1. The van der Waals surface area contributed by atoms with Gasteiger partial charge in [0.2, 0.25) is 11.8 Å². The molecular weight excluding hydrogens is 484 g/mol. The monoisotopic (exact) mass is 512 g/mol. The first-order valence-corrected chi connectivity index (χ1v) is 12.0. The number of hydrogen-bond donors (Lipinski definition) is 1. The zero-order valence-corrected chi connectivity index (χ0v) is 21.6. The van der Waals surface area contributed by atoms with E-state index in [4.69, 9.17) is 14.6 Å². The fourth-order valence-electron chi connectivity index (χ4n) is 4.22. The largest absolute Gasteiger partial charge is 0.443 e. The molecule has 38 heavy (non-hydrogen) atoms. The molecule has 0 saturated carbocycles. The van der Waals surface area contributed by atoms with Gasteiger partial charge in [0, 0.05) is 19.7 Å². The zero-order chi connectivity index (χ0) is 26.9. The van der Waals surface area contributed by atoms with E-state index in [0.29, 0.717) is 29.9 Å². The van der Waals surface area contributed by atoms with Crippen molar-refractivity contribution in [2.24, 2.45) is 12.8 Å². The molecule has 1 unspecified atom stereocenters. The SMILES string of the molecule is Cc1cc(CN(C)C(=O)c2cc(-c3ncco3)nc(-c3nnc(C(C)(N)Cc4ccccc4)o3)c2)n(C)n1. The minimum atomic E-state index is -0.910. The Morgan fingerprint density at radius 1 is 1.11 bits per heavy atom. The van der Waals surface area contributed by atoms with E-state index in [1.807, 2.05) is 57.3 Å². The normalized spacial score (nSPS) is 12.9. The number of amides is 1. The molecule has 2 N–H and O–H groups in total. The van der Waals surface area contributed by atoms with Gasteiger partial charge >= 0.3 is 0 Å². The highest BCUT2D eigenvalue weighted by molar-refractivity contribution is 5.95.